The summed E-state index contributed by atoms with van der Waals surface area (Å²) in [6.07, 6.45) is -3.40. The maximum Gasteiger partial charge on any atom is 0.433 e. The van der Waals surface area contributed by atoms with Crippen LogP contribution in [0, 0.1) is 5.92 Å². The van der Waals surface area contributed by atoms with Gasteiger partial charge in [0.2, 0.25) is 0 Å². The fourth-order valence-electron chi connectivity index (χ4n) is 1.34. The minimum absolute atomic E-state index is 0.104. The van der Waals surface area contributed by atoms with Crippen LogP contribution in [0.25, 0.3) is 0 Å². The standard InChI is InChI=1S/C12H14F3N3O3/c1-7(10(19)20)4-5-16-11(21)18-8-2-3-9(17-6-8)12(13,14)15/h2-3,6-7H,4-5H2,1H3,(H,19,20)(H2,16,18,21). The second-order valence-corrected chi connectivity index (χ2v) is 4.34. The number of carboxylic acids is 1. The Morgan fingerprint density at radius 2 is 2.05 bits per heavy atom. The predicted molar refractivity (Wildman–Crippen MR) is 67.7 cm³/mol. The van der Waals surface area contributed by atoms with Gasteiger partial charge in [-0.3, -0.25) is 4.79 Å². The van der Waals surface area contributed by atoms with Gasteiger partial charge in [0, 0.05) is 6.54 Å². The van der Waals surface area contributed by atoms with E-state index in [4.69, 9.17) is 5.11 Å². The summed E-state index contributed by atoms with van der Waals surface area (Å²) in [5.41, 5.74) is -0.949. The van der Waals surface area contributed by atoms with Crippen molar-refractivity contribution in [3.8, 4) is 0 Å². The molecule has 0 bridgehead atoms. The predicted octanol–water partition coefficient (Wildman–Crippen LogP) is 2.33. The molecule has 0 aromatic carbocycles. The van der Waals surface area contributed by atoms with E-state index in [-0.39, 0.29) is 18.7 Å². The van der Waals surface area contributed by atoms with E-state index in [9.17, 15) is 22.8 Å². The number of anilines is 1. The number of carboxylic acid groups (broad SMARTS) is 1. The van der Waals surface area contributed by atoms with Crippen LogP contribution in [0.15, 0.2) is 18.3 Å². The first kappa shape index (κ1) is 16.7. The Balaban J connectivity index is 2.43. The Bertz CT molecular complexity index is 503. The van der Waals surface area contributed by atoms with E-state index in [1.165, 1.54) is 6.92 Å². The smallest absolute Gasteiger partial charge is 0.433 e. The molecule has 9 heteroatoms. The number of nitrogens with one attached hydrogen (secondary N) is 2. The molecule has 0 saturated carbocycles. The van der Waals surface area contributed by atoms with Crippen LogP contribution < -0.4 is 10.6 Å². The summed E-state index contributed by atoms with van der Waals surface area (Å²) in [6, 6.07) is 1.19. The van der Waals surface area contributed by atoms with Crippen molar-refractivity contribution >= 4 is 17.7 Å². The molecule has 1 aromatic heterocycles. The number of pyridine rings is 1. The minimum Gasteiger partial charge on any atom is -0.481 e. The van der Waals surface area contributed by atoms with Crippen molar-refractivity contribution in [3.63, 3.8) is 0 Å². The second-order valence-electron chi connectivity index (χ2n) is 4.34. The first-order valence-corrected chi connectivity index (χ1v) is 6.01. The number of halogens is 3. The van der Waals surface area contributed by atoms with E-state index in [0.29, 0.717) is 0 Å². The highest BCUT2D eigenvalue weighted by molar-refractivity contribution is 5.89. The molecule has 1 heterocycles. The van der Waals surface area contributed by atoms with Gasteiger partial charge in [0.15, 0.2) is 0 Å². The van der Waals surface area contributed by atoms with Crippen LogP contribution in [0.2, 0.25) is 0 Å². The summed E-state index contributed by atoms with van der Waals surface area (Å²) in [5.74, 6) is -1.57. The number of rotatable bonds is 5. The number of amides is 2. The monoisotopic (exact) mass is 305 g/mol. The van der Waals surface area contributed by atoms with Gasteiger partial charge < -0.3 is 15.7 Å². The molecule has 0 aliphatic heterocycles. The molecular weight excluding hydrogens is 291 g/mol. The Kier molecular flexibility index (Phi) is 5.51. The summed E-state index contributed by atoms with van der Waals surface area (Å²) >= 11 is 0. The highest BCUT2D eigenvalue weighted by Gasteiger charge is 2.32. The van der Waals surface area contributed by atoms with Gasteiger partial charge in [0.1, 0.15) is 5.69 Å². The van der Waals surface area contributed by atoms with Gasteiger partial charge in [0.25, 0.3) is 0 Å². The van der Waals surface area contributed by atoms with E-state index in [1.54, 1.807) is 0 Å². The third-order valence-electron chi connectivity index (χ3n) is 2.60. The van der Waals surface area contributed by atoms with E-state index in [0.717, 1.165) is 18.3 Å². The van der Waals surface area contributed by atoms with Crippen LogP contribution in [-0.2, 0) is 11.0 Å². The van der Waals surface area contributed by atoms with Crippen LogP contribution in [0.3, 0.4) is 0 Å². The molecule has 116 valence electrons. The molecule has 1 aromatic rings. The van der Waals surface area contributed by atoms with Crippen molar-refractivity contribution in [3.05, 3.63) is 24.0 Å². The second kappa shape index (κ2) is 6.91. The molecule has 0 radical (unpaired) electrons. The first-order chi connectivity index (χ1) is 9.70. The van der Waals surface area contributed by atoms with Crippen LogP contribution in [0.1, 0.15) is 19.0 Å². The van der Waals surface area contributed by atoms with Crippen LogP contribution in [-0.4, -0.2) is 28.6 Å². The van der Waals surface area contributed by atoms with Gasteiger partial charge in [-0.1, -0.05) is 6.92 Å². The summed E-state index contributed by atoms with van der Waals surface area (Å²) in [5, 5.41) is 13.3. The zero-order chi connectivity index (χ0) is 16.0. The molecule has 21 heavy (non-hydrogen) atoms. The largest absolute Gasteiger partial charge is 0.481 e. The van der Waals surface area contributed by atoms with Crippen molar-refractivity contribution in [2.45, 2.75) is 19.5 Å². The molecule has 0 fully saturated rings. The molecular formula is C12H14F3N3O3. The molecule has 1 rings (SSSR count). The third-order valence-corrected chi connectivity index (χ3v) is 2.60. The van der Waals surface area contributed by atoms with Gasteiger partial charge in [-0.15, -0.1) is 0 Å². The molecule has 2 amide bonds. The lowest BCUT2D eigenvalue weighted by atomic mass is 10.1. The quantitative estimate of drug-likeness (QED) is 0.778. The Morgan fingerprint density at radius 1 is 1.38 bits per heavy atom. The molecule has 0 aliphatic rings. The maximum absolute atomic E-state index is 12.3. The summed E-state index contributed by atoms with van der Waals surface area (Å²) in [4.78, 5) is 25.2. The summed E-state index contributed by atoms with van der Waals surface area (Å²) in [7, 11) is 0. The van der Waals surface area contributed by atoms with E-state index < -0.39 is 29.8 Å². The number of carbonyl (C=O) groups is 2. The minimum atomic E-state index is -4.53. The molecule has 0 saturated heterocycles. The van der Waals surface area contributed by atoms with E-state index in [2.05, 4.69) is 15.6 Å². The van der Waals surface area contributed by atoms with Gasteiger partial charge in [-0.25, -0.2) is 9.78 Å². The zero-order valence-corrected chi connectivity index (χ0v) is 11.1. The zero-order valence-electron chi connectivity index (χ0n) is 11.1. The van der Waals surface area contributed by atoms with Gasteiger partial charge >= 0.3 is 18.2 Å². The number of aliphatic carboxylic acids is 1. The summed E-state index contributed by atoms with van der Waals surface area (Å²) < 4.78 is 36.8. The number of carbonyl (C=O) groups excluding carboxylic acids is 1. The first-order valence-electron chi connectivity index (χ1n) is 6.01. The average molecular weight is 305 g/mol. The summed E-state index contributed by atoms with van der Waals surface area (Å²) in [6.45, 7) is 1.63. The van der Waals surface area contributed by atoms with Gasteiger partial charge in [-0.05, 0) is 18.6 Å². The lowest BCUT2D eigenvalue weighted by Crippen LogP contribution is -2.31. The number of alkyl halides is 3. The van der Waals surface area contributed by atoms with E-state index >= 15 is 0 Å². The van der Waals surface area contributed by atoms with Crippen LogP contribution in [0.5, 0.6) is 0 Å². The molecule has 3 N–H and O–H groups in total. The van der Waals surface area contributed by atoms with Crippen molar-refractivity contribution in [2.75, 3.05) is 11.9 Å². The normalized spacial score (nSPS) is 12.6. The maximum atomic E-state index is 12.3. The Labute approximate surface area is 118 Å². The lowest BCUT2D eigenvalue weighted by molar-refractivity contribution is -0.142. The van der Waals surface area contributed by atoms with Crippen LogP contribution >= 0.6 is 0 Å². The molecule has 0 spiro atoms. The number of aromatic nitrogens is 1. The Morgan fingerprint density at radius 3 is 2.52 bits per heavy atom. The molecule has 6 nitrogen and oxygen atoms in total. The molecule has 0 aliphatic carbocycles. The number of urea groups is 1. The topological polar surface area (TPSA) is 91.3 Å². The van der Waals surface area contributed by atoms with Crippen molar-refractivity contribution < 1.29 is 27.9 Å². The Hall–Kier alpha value is -2.32. The van der Waals surface area contributed by atoms with Crippen molar-refractivity contribution in [2.24, 2.45) is 5.92 Å². The van der Waals surface area contributed by atoms with Crippen molar-refractivity contribution in [1.29, 1.82) is 0 Å². The van der Waals surface area contributed by atoms with Crippen molar-refractivity contribution in [1.82, 2.24) is 10.3 Å². The molecule has 1 atom stereocenters. The van der Waals surface area contributed by atoms with Crippen LogP contribution in [0.4, 0.5) is 23.7 Å². The number of hydrogen-bond donors (Lipinski definition) is 3. The highest BCUT2D eigenvalue weighted by atomic mass is 19.4. The average Bonchev–Trinajstić information content (AvgIpc) is 2.38. The molecule has 1 unspecified atom stereocenters. The third kappa shape index (κ3) is 5.67. The van der Waals surface area contributed by atoms with Gasteiger partial charge in [-0.2, -0.15) is 13.2 Å². The fraction of sp³-hybridized carbons (Fsp3) is 0.417. The highest BCUT2D eigenvalue weighted by Crippen LogP contribution is 2.27. The number of hydrogen-bond acceptors (Lipinski definition) is 3. The lowest BCUT2D eigenvalue weighted by Gasteiger charge is -2.10. The number of nitrogens with zero attached hydrogens (tertiary/aromatic N) is 1. The van der Waals surface area contributed by atoms with Gasteiger partial charge in [0.05, 0.1) is 17.8 Å². The fourth-order valence-corrected chi connectivity index (χ4v) is 1.34. The SMILES string of the molecule is CC(CCNC(=O)Nc1ccc(C(F)(F)F)nc1)C(=O)O. The van der Waals surface area contributed by atoms with E-state index in [1.807, 2.05) is 0 Å².